The molecule has 0 aromatic rings. The Morgan fingerprint density at radius 1 is 1.00 bits per heavy atom. The number of carbonyl (C=O) groups excluding carboxylic acids is 1. The van der Waals surface area contributed by atoms with Crippen LogP contribution in [0.5, 0.6) is 0 Å². The first-order valence-corrected chi connectivity index (χ1v) is 10.2. The van der Waals surface area contributed by atoms with Crippen molar-refractivity contribution in [3.8, 4) is 0 Å². The Morgan fingerprint density at radius 3 is 2.33 bits per heavy atom. The van der Waals surface area contributed by atoms with Crippen LogP contribution in [-0.4, -0.2) is 12.1 Å². The molecule has 0 radical (unpaired) electrons. The van der Waals surface area contributed by atoms with E-state index in [0.717, 1.165) is 44.4 Å². The lowest BCUT2D eigenvalue weighted by atomic mass is 9.81. The second kappa shape index (κ2) is 10.7. The first-order chi connectivity index (χ1) is 11.7. The zero-order chi connectivity index (χ0) is 17.2. The molecule has 0 heterocycles. The number of unbranched alkanes of at least 4 members (excludes halogenated alkanes) is 1. The van der Waals surface area contributed by atoms with Crippen molar-refractivity contribution in [2.24, 2.45) is 17.8 Å². The standard InChI is InChI=1S/C22H36O2/c1-3-5-7-9-19-10-14-20(15-11-19)22(23)24-21-16-12-18(13-17-21)8-6-4-2/h4,6-7,9,18-21H,3,5,8,10-17H2,1-2H3/b6-4+,9-7+. The molecule has 0 unspecified atom stereocenters. The minimum Gasteiger partial charge on any atom is -0.462 e. The van der Waals surface area contributed by atoms with E-state index >= 15 is 0 Å². The van der Waals surface area contributed by atoms with Gasteiger partial charge in [-0.2, -0.15) is 0 Å². The molecule has 0 bridgehead atoms. The van der Waals surface area contributed by atoms with Gasteiger partial charge in [-0.3, -0.25) is 4.79 Å². The predicted octanol–water partition coefficient (Wildman–Crippen LogP) is 6.22. The fourth-order valence-electron chi connectivity index (χ4n) is 4.08. The maximum atomic E-state index is 12.4. The highest BCUT2D eigenvalue weighted by atomic mass is 16.5. The molecule has 0 aromatic carbocycles. The van der Waals surface area contributed by atoms with E-state index in [1.807, 2.05) is 0 Å². The number of hydrogen-bond acceptors (Lipinski definition) is 2. The van der Waals surface area contributed by atoms with Crippen molar-refractivity contribution in [3.63, 3.8) is 0 Å². The predicted molar refractivity (Wildman–Crippen MR) is 101 cm³/mol. The minimum absolute atomic E-state index is 0.0860. The van der Waals surface area contributed by atoms with E-state index in [1.54, 1.807) is 0 Å². The molecule has 0 aliphatic heterocycles. The SMILES string of the molecule is C/C=C/CC1CCC(OC(=O)C2CCC(/C=C/CCC)CC2)CC1. The van der Waals surface area contributed by atoms with Crippen LogP contribution in [0.2, 0.25) is 0 Å². The Labute approximate surface area is 148 Å². The molecule has 2 aliphatic rings. The number of ether oxygens (including phenoxy) is 1. The van der Waals surface area contributed by atoms with Gasteiger partial charge in [-0.25, -0.2) is 0 Å². The average molecular weight is 333 g/mol. The first kappa shape index (κ1) is 19.3. The topological polar surface area (TPSA) is 26.3 Å². The van der Waals surface area contributed by atoms with E-state index in [4.69, 9.17) is 4.74 Å². The van der Waals surface area contributed by atoms with Gasteiger partial charge in [0.15, 0.2) is 0 Å². The molecule has 2 aliphatic carbocycles. The summed E-state index contributed by atoms with van der Waals surface area (Å²) < 4.78 is 5.84. The van der Waals surface area contributed by atoms with E-state index in [9.17, 15) is 4.79 Å². The molecule has 0 saturated heterocycles. The fraction of sp³-hybridized carbons (Fsp3) is 0.773. The normalized spacial score (nSPS) is 31.6. The fourth-order valence-corrected chi connectivity index (χ4v) is 4.08. The summed E-state index contributed by atoms with van der Waals surface area (Å²) in [6.45, 7) is 4.30. The Morgan fingerprint density at radius 2 is 1.71 bits per heavy atom. The number of hydrogen-bond donors (Lipinski definition) is 0. The van der Waals surface area contributed by atoms with Gasteiger partial charge in [0.2, 0.25) is 0 Å². The van der Waals surface area contributed by atoms with Crippen molar-refractivity contribution < 1.29 is 9.53 Å². The van der Waals surface area contributed by atoms with Crippen LogP contribution in [0.15, 0.2) is 24.3 Å². The Hall–Kier alpha value is -1.05. The molecule has 0 spiro atoms. The molecule has 0 amide bonds. The smallest absolute Gasteiger partial charge is 0.309 e. The molecule has 24 heavy (non-hydrogen) atoms. The Bertz CT molecular complexity index is 408. The average Bonchev–Trinajstić information content (AvgIpc) is 2.62. The second-order valence-corrected chi connectivity index (χ2v) is 7.71. The van der Waals surface area contributed by atoms with Crippen LogP contribution in [0, 0.1) is 17.8 Å². The lowest BCUT2D eigenvalue weighted by Gasteiger charge is -2.30. The summed E-state index contributed by atoms with van der Waals surface area (Å²) in [6, 6.07) is 0. The maximum Gasteiger partial charge on any atom is 0.309 e. The number of allylic oxidation sites excluding steroid dienone is 4. The highest BCUT2D eigenvalue weighted by Gasteiger charge is 2.29. The quantitative estimate of drug-likeness (QED) is 0.409. The summed E-state index contributed by atoms with van der Waals surface area (Å²) in [5, 5.41) is 0. The molecule has 0 atom stereocenters. The summed E-state index contributed by atoms with van der Waals surface area (Å²) in [7, 11) is 0. The molecule has 2 fully saturated rings. The van der Waals surface area contributed by atoms with Crippen molar-refractivity contribution >= 4 is 5.97 Å². The van der Waals surface area contributed by atoms with Gasteiger partial charge in [-0.15, -0.1) is 0 Å². The number of carbonyl (C=O) groups is 1. The van der Waals surface area contributed by atoms with Crippen LogP contribution in [0.25, 0.3) is 0 Å². The summed E-state index contributed by atoms with van der Waals surface area (Å²) in [5.74, 6) is 1.72. The van der Waals surface area contributed by atoms with Crippen molar-refractivity contribution in [1.82, 2.24) is 0 Å². The van der Waals surface area contributed by atoms with E-state index in [-0.39, 0.29) is 18.0 Å². The molecular weight excluding hydrogens is 296 g/mol. The monoisotopic (exact) mass is 332 g/mol. The first-order valence-electron chi connectivity index (χ1n) is 10.2. The zero-order valence-electron chi connectivity index (χ0n) is 15.7. The van der Waals surface area contributed by atoms with Crippen molar-refractivity contribution in [2.45, 2.75) is 90.6 Å². The minimum atomic E-state index is 0.0860. The van der Waals surface area contributed by atoms with Gasteiger partial charge in [0.25, 0.3) is 0 Å². The molecule has 0 aromatic heterocycles. The third kappa shape index (κ3) is 6.45. The molecular formula is C22H36O2. The van der Waals surface area contributed by atoms with Gasteiger partial charge in [0, 0.05) is 0 Å². The summed E-state index contributed by atoms with van der Waals surface area (Å²) in [5.41, 5.74) is 0. The molecule has 2 rings (SSSR count). The highest BCUT2D eigenvalue weighted by Crippen LogP contribution is 2.33. The summed E-state index contributed by atoms with van der Waals surface area (Å²) in [6.07, 6.45) is 21.7. The second-order valence-electron chi connectivity index (χ2n) is 7.71. The lowest BCUT2D eigenvalue weighted by molar-refractivity contribution is -0.157. The highest BCUT2D eigenvalue weighted by molar-refractivity contribution is 5.72. The third-order valence-corrected chi connectivity index (χ3v) is 5.75. The van der Waals surface area contributed by atoms with Crippen LogP contribution in [0.3, 0.4) is 0 Å². The van der Waals surface area contributed by atoms with Crippen molar-refractivity contribution in [1.29, 1.82) is 0 Å². The summed E-state index contributed by atoms with van der Waals surface area (Å²) >= 11 is 0. The third-order valence-electron chi connectivity index (χ3n) is 5.75. The van der Waals surface area contributed by atoms with Gasteiger partial charge < -0.3 is 4.74 Å². The van der Waals surface area contributed by atoms with Gasteiger partial charge in [-0.1, -0.05) is 37.6 Å². The van der Waals surface area contributed by atoms with Crippen LogP contribution in [0.4, 0.5) is 0 Å². The number of esters is 1. The Kier molecular flexibility index (Phi) is 8.63. The zero-order valence-corrected chi connectivity index (χ0v) is 15.7. The molecule has 0 N–H and O–H groups in total. The van der Waals surface area contributed by atoms with Crippen molar-refractivity contribution in [3.05, 3.63) is 24.3 Å². The van der Waals surface area contributed by atoms with E-state index < -0.39 is 0 Å². The number of rotatable bonds is 7. The van der Waals surface area contributed by atoms with E-state index in [0.29, 0.717) is 5.92 Å². The Balaban J connectivity index is 1.65. The maximum absolute atomic E-state index is 12.4. The van der Waals surface area contributed by atoms with E-state index in [1.165, 1.54) is 32.1 Å². The largest absolute Gasteiger partial charge is 0.462 e. The lowest BCUT2D eigenvalue weighted by Crippen LogP contribution is -2.29. The molecule has 2 heteroatoms. The molecule has 136 valence electrons. The van der Waals surface area contributed by atoms with Gasteiger partial charge in [0.05, 0.1) is 5.92 Å². The molecule has 2 nitrogen and oxygen atoms in total. The summed E-state index contributed by atoms with van der Waals surface area (Å²) in [4.78, 5) is 12.4. The molecule has 2 saturated carbocycles. The van der Waals surface area contributed by atoms with Gasteiger partial charge in [0.1, 0.15) is 6.10 Å². The van der Waals surface area contributed by atoms with Crippen LogP contribution >= 0.6 is 0 Å². The van der Waals surface area contributed by atoms with Crippen LogP contribution in [0.1, 0.15) is 84.5 Å². The van der Waals surface area contributed by atoms with Gasteiger partial charge >= 0.3 is 5.97 Å². The van der Waals surface area contributed by atoms with Gasteiger partial charge in [-0.05, 0) is 83.0 Å². The van der Waals surface area contributed by atoms with E-state index in [2.05, 4.69) is 38.2 Å². The van der Waals surface area contributed by atoms with Crippen LogP contribution < -0.4 is 0 Å². The van der Waals surface area contributed by atoms with Crippen molar-refractivity contribution in [2.75, 3.05) is 0 Å². The van der Waals surface area contributed by atoms with Crippen LogP contribution in [-0.2, 0) is 9.53 Å².